The maximum atomic E-state index is 13.1. The third kappa shape index (κ3) is 5.33. The van der Waals surface area contributed by atoms with Crippen LogP contribution in [0.4, 0.5) is 0 Å². The Morgan fingerprint density at radius 2 is 1.80 bits per heavy atom. The smallest absolute Gasteiger partial charge is 0.243 e. The fourth-order valence-corrected chi connectivity index (χ4v) is 5.07. The first-order chi connectivity index (χ1) is 16.7. The maximum Gasteiger partial charge on any atom is 0.243 e. The first-order valence-corrected chi connectivity index (χ1v) is 12.9. The number of benzene rings is 2. The summed E-state index contributed by atoms with van der Waals surface area (Å²) in [5.74, 6) is 0.480. The van der Waals surface area contributed by atoms with Crippen LogP contribution >= 0.6 is 0 Å². The number of fused-ring (bicyclic) bond motifs is 1. The molecule has 1 aromatic heterocycles. The van der Waals surface area contributed by atoms with Gasteiger partial charge in [0.25, 0.3) is 0 Å². The van der Waals surface area contributed by atoms with Gasteiger partial charge >= 0.3 is 0 Å². The number of rotatable bonds is 7. The Kier molecular flexibility index (Phi) is 7.13. The SMILES string of the molecule is Cc1ccc(-n2ncc(C(C)NC(=O)CN(C)S(=O)(=O)c3ccc4c(c3)OCCCO4)c2C)cc1. The van der Waals surface area contributed by atoms with E-state index in [2.05, 4.69) is 10.4 Å². The predicted molar refractivity (Wildman–Crippen MR) is 131 cm³/mol. The second kappa shape index (κ2) is 10.1. The topological polar surface area (TPSA) is 103 Å². The summed E-state index contributed by atoms with van der Waals surface area (Å²) in [6.07, 6.45) is 2.44. The van der Waals surface area contributed by atoms with Crippen LogP contribution < -0.4 is 14.8 Å². The number of carbonyl (C=O) groups is 1. The van der Waals surface area contributed by atoms with Gasteiger partial charge in [-0.2, -0.15) is 9.40 Å². The predicted octanol–water partition coefficient (Wildman–Crippen LogP) is 3.15. The van der Waals surface area contributed by atoms with Crippen LogP contribution in [0.2, 0.25) is 0 Å². The minimum absolute atomic E-state index is 0.0420. The van der Waals surface area contributed by atoms with Gasteiger partial charge in [0, 0.05) is 30.8 Å². The highest BCUT2D eigenvalue weighted by molar-refractivity contribution is 7.89. The van der Waals surface area contributed by atoms with Gasteiger partial charge in [-0.15, -0.1) is 0 Å². The second-order valence-corrected chi connectivity index (χ2v) is 10.7. The molecule has 3 aromatic rings. The van der Waals surface area contributed by atoms with Crippen LogP contribution in [-0.2, 0) is 14.8 Å². The Labute approximate surface area is 205 Å². The standard InChI is InChI=1S/C25H30N4O5S/c1-17-6-8-20(9-7-17)29-19(3)22(15-26-29)18(2)27-25(30)16-28(4)35(31,32)21-10-11-23-24(14-21)34-13-5-12-33-23/h6-11,14-15,18H,5,12-13,16H2,1-4H3,(H,27,30). The molecule has 1 atom stereocenters. The molecule has 0 saturated carbocycles. The van der Waals surface area contributed by atoms with Crippen LogP contribution in [0.1, 0.15) is 36.2 Å². The molecule has 1 N–H and O–H groups in total. The van der Waals surface area contributed by atoms with E-state index >= 15 is 0 Å². The van der Waals surface area contributed by atoms with Gasteiger partial charge in [0.2, 0.25) is 15.9 Å². The number of nitrogens with one attached hydrogen (secondary N) is 1. The zero-order valence-corrected chi connectivity index (χ0v) is 21.1. The van der Waals surface area contributed by atoms with E-state index in [1.54, 1.807) is 12.3 Å². The molecule has 0 aliphatic carbocycles. The molecular formula is C25H30N4O5S. The van der Waals surface area contributed by atoms with Crippen molar-refractivity contribution in [1.29, 1.82) is 0 Å². The second-order valence-electron chi connectivity index (χ2n) is 8.64. The summed E-state index contributed by atoms with van der Waals surface area (Å²) in [4.78, 5) is 12.8. The zero-order valence-electron chi connectivity index (χ0n) is 20.3. The summed E-state index contributed by atoms with van der Waals surface area (Å²) in [6.45, 7) is 6.44. The number of nitrogens with zero attached hydrogens (tertiary/aromatic N) is 3. The molecule has 0 saturated heterocycles. The highest BCUT2D eigenvalue weighted by atomic mass is 32.2. The molecule has 0 fully saturated rings. The highest BCUT2D eigenvalue weighted by Crippen LogP contribution is 2.32. The fraction of sp³-hybridized carbons (Fsp3) is 0.360. The number of aryl methyl sites for hydroxylation is 1. The highest BCUT2D eigenvalue weighted by Gasteiger charge is 2.26. The van der Waals surface area contributed by atoms with Gasteiger partial charge in [0.05, 0.1) is 42.6 Å². The maximum absolute atomic E-state index is 13.1. The van der Waals surface area contributed by atoms with Crippen LogP contribution in [0.25, 0.3) is 5.69 Å². The van der Waals surface area contributed by atoms with Crippen LogP contribution in [0, 0.1) is 13.8 Å². The van der Waals surface area contributed by atoms with E-state index < -0.39 is 15.9 Å². The Morgan fingerprint density at radius 1 is 1.11 bits per heavy atom. The molecule has 0 radical (unpaired) electrons. The largest absolute Gasteiger partial charge is 0.490 e. The number of sulfonamides is 1. The number of amides is 1. The van der Waals surface area contributed by atoms with E-state index in [-0.39, 0.29) is 17.5 Å². The number of hydrogen-bond donors (Lipinski definition) is 1. The summed E-state index contributed by atoms with van der Waals surface area (Å²) in [6, 6.07) is 12.1. The number of ether oxygens (including phenoxy) is 2. The molecule has 9 nitrogen and oxygen atoms in total. The average Bonchev–Trinajstić information content (AvgIpc) is 3.05. The normalized spacial score (nSPS) is 14.4. The number of hydrogen-bond acceptors (Lipinski definition) is 6. The number of carbonyl (C=O) groups excluding carboxylic acids is 1. The molecule has 1 aliphatic heterocycles. The Hall–Kier alpha value is -3.37. The minimum Gasteiger partial charge on any atom is -0.490 e. The van der Waals surface area contributed by atoms with Crippen molar-refractivity contribution in [3.05, 3.63) is 65.5 Å². The van der Waals surface area contributed by atoms with Crippen molar-refractivity contribution < 1.29 is 22.7 Å². The Morgan fingerprint density at radius 3 is 2.51 bits per heavy atom. The van der Waals surface area contributed by atoms with E-state index in [0.717, 1.165) is 33.2 Å². The lowest BCUT2D eigenvalue weighted by Crippen LogP contribution is -2.39. The van der Waals surface area contributed by atoms with Crippen molar-refractivity contribution in [3.63, 3.8) is 0 Å². The molecule has 2 heterocycles. The van der Waals surface area contributed by atoms with Crippen LogP contribution in [0.3, 0.4) is 0 Å². The summed E-state index contributed by atoms with van der Waals surface area (Å²) < 4.78 is 40.2. The summed E-state index contributed by atoms with van der Waals surface area (Å²) in [7, 11) is -2.52. The zero-order chi connectivity index (χ0) is 25.2. The van der Waals surface area contributed by atoms with Crippen LogP contribution in [0.5, 0.6) is 11.5 Å². The lowest BCUT2D eigenvalue weighted by atomic mass is 10.1. The molecule has 1 amide bonds. The molecular weight excluding hydrogens is 468 g/mol. The van der Waals surface area contributed by atoms with Gasteiger partial charge in [-0.1, -0.05) is 17.7 Å². The minimum atomic E-state index is -3.90. The van der Waals surface area contributed by atoms with Crippen molar-refractivity contribution in [1.82, 2.24) is 19.4 Å². The van der Waals surface area contributed by atoms with Crippen molar-refractivity contribution in [2.45, 2.75) is 38.1 Å². The molecule has 10 heteroatoms. The van der Waals surface area contributed by atoms with Crippen molar-refractivity contribution in [2.24, 2.45) is 0 Å². The third-order valence-electron chi connectivity index (χ3n) is 5.96. The van der Waals surface area contributed by atoms with E-state index in [9.17, 15) is 13.2 Å². The van der Waals surface area contributed by atoms with Crippen LogP contribution in [0.15, 0.2) is 53.6 Å². The average molecular weight is 499 g/mol. The summed E-state index contributed by atoms with van der Waals surface area (Å²) >= 11 is 0. The van der Waals surface area contributed by atoms with E-state index in [4.69, 9.17) is 9.47 Å². The van der Waals surface area contributed by atoms with Crippen molar-refractivity contribution >= 4 is 15.9 Å². The van der Waals surface area contributed by atoms with Gasteiger partial charge in [-0.3, -0.25) is 4.79 Å². The van der Waals surface area contributed by atoms with E-state index in [0.29, 0.717) is 24.7 Å². The summed E-state index contributed by atoms with van der Waals surface area (Å²) in [5.41, 5.74) is 3.84. The van der Waals surface area contributed by atoms with Gasteiger partial charge in [0.1, 0.15) is 0 Å². The molecule has 4 rings (SSSR count). The molecule has 35 heavy (non-hydrogen) atoms. The molecule has 0 bridgehead atoms. The molecule has 1 unspecified atom stereocenters. The molecule has 0 spiro atoms. The molecule has 1 aliphatic rings. The lowest BCUT2D eigenvalue weighted by molar-refractivity contribution is -0.121. The first-order valence-electron chi connectivity index (χ1n) is 11.4. The lowest BCUT2D eigenvalue weighted by Gasteiger charge is -2.20. The third-order valence-corrected chi connectivity index (χ3v) is 7.76. The number of aromatic nitrogens is 2. The van der Waals surface area contributed by atoms with Gasteiger partial charge in [0.15, 0.2) is 11.5 Å². The quantitative estimate of drug-likeness (QED) is 0.537. The van der Waals surface area contributed by atoms with Gasteiger partial charge < -0.3 is 14.8 Å². The Balaban J connectivity index is 1.43. The van der Waals surface area contributed by atoms with Gasteiger partial charge in [-0.25, -0.2) is 13.1 Å². The van der Waals surface area contributed by atoms with Crippen LogP contribution in [-0.4, -0.2) is 55.2 Å². The molecule has 2 aromatic carbocycles. The van der Waals surface area contributed by atoms with Gasteiger partial charge in [-0.05, 0) is 45.0 Å². The van der Waals surface area contributed by atoms with E-state index in [1.165, 1.54) is 19.2 Å². The first kappa shape index (κ1) is 24.7. The van der Waals surface area contributed by atoms with Crippen molar-refractivity contribution in [3.8, 4) is 17.2 Å². The monoisotopic (exact) mass is 498 g/mol. The van der Waals surface area contributed by atoms with E-state index in [1.807, 2.05) is 49.7 Å². The number of likely N-dealkylation sites (N-methyl/N-ethyl adjacent to an activating group) is 1. The van der Waals surface area contributed by atoms with Crippen molar-refractivity contribution in [2.75, 3.05) is 26.8 Å². The fourth-order valence-electron chi connectivity index (χ4n) is 3.93. The summed E-state index contributed by atoms with van der Waals surface area (Å²) in [5, 5.41) is 7.34. The Bertz CT molecular complexity index is 1320. The molecule has 186 valence electrons.